The largest absolute Gasteiger partial charge is 0.431 e. The predicted molar refractivity (Wildman–Crippen MR) is 85.5 cm³/mol. The van der Waals surface area contributed by atoms with Gasteiger partial charge in [0.25, 0.3) is 0 Å². The van der Waals surface area contributed by atoms with E-state index >= 15 is 0 Å². The normalized spacial score (nSPS) is 11.2. The van der Waals surface area contributed by atoms with Crippen molar-refractivity contribution in [1.29, 1.82) is 0 Å². The molecule has 0 atom stereocenters. The molecule has 1 aromatic heterocycles. The van der Waals surface area contributed by atoms with Crippen LogP contribution >= 0.6 is 0 Å². The zero-order valence-electron chi connectivity index (χ0n) is 11.7. The lowest BCUT2D eigenvalue weighted by Crippen LogP contribution is -2.00. The fourth-order valence-electron chi connectivity index (χ4n) is 2.39. The molecule has 0 fully saturated rings. The minimum absolute atomic E-state index is 0.275. The van der Waals surface area contributed by atoms with Gasteiger partial charge in [0.1, 0.15) is 0 Å². The van der Waals surface area contributed by atoms with E-state index in [-0.39, 0.29) is 5.63 Å². The van der Waals surface area contributed by atoms with Crippen LogP contribution in [0.25, 0.3) is 10.8 Å². The van der Waals surface area contributed by atoms with Crippen molar-refractivity contribution in [2.75, 3.05) is 0 Å². The summed E-state index contributed by atoms with van der Waals surface area (Å²) in [7, 11) is 0. The summed E-state index contributed by atoms with van der Waals surface area (Å²) in [4.78, 5) is 11.7. The van der Waals surface area contributed by atoms with Crippen molar-refractivity contribution in [2.45, 2.75) is 12.8 Å². The highest BCUT2D eigenvalue weighted by Gasteiger charge is 2.03. The maximum absolute atomic E-state index is 11.7. The van der Waals surface area contributed by atoms with Gasteiger partial charge in [0.15, 0.2) is 0 Å². The van der Waals surface area contributed by atoms with E-state index in [2.05, 4.69) is 24.3 Å². The van der Waals surface area contributed by atoms with Gasteiger partial charge in [-0.2, -0.15) is 0 Å². The van der Waals surface area contributed by atoms with Crippen LogP contribution in [0.4, 0.5) is 0 Å². The maximum atomic E-state index is 11.7. The summed E-state index contributed by atoms with van der Waals surface area (Å²) in [5.74, 6) is 0. The van der Waals surface area contributed by atoms with Crippen molar-refractivity contribution in [1.82, 2.24) is 0 Å². The van der Waals surface area contributed by atoms with Crippen LogP contribution in [0, 0.1) is 0 Å². The molecule has 0 unspecified atom stereocenters. The number of hydrogen-bond acceptors (Lipinski definition) is 2. The molecule has 3 aromatic rings. The molecule has 0 aliphatic heterocycles. The van der Waals surface area contributed by atoms with Crippen molar-refractivity contribution < 1.29 is 4.42 Å². The molecule has 0 saturated heterocycles. The fraction of sp³-hybridized carbons (Fsp3) is 0.105. The fourth-order valence-corrected chi connectivity index (χ4v) is 2.39. The van der Waals surface area contributed by atoms with Gasteiger partial charge in [-0.05, 0) is 35.4 Å². The molecule has 0 N–H and O–H groups in total. The van der Waals surface area contributed by atoms with Gasteiger partial charge in [-0.1, -0.05) is 60.7 Å². The Balaban J connectivity index is 1.77. The molecule has 1 heterocycles. The quantitative estimate of drug-likeness (QED) is 0.670. The number of allylic oxidation sites excluding steroid dienone is 2. The molecule has 2 heteroatoms. The first-order valence-corrected chi connectivity index (χ1v) is 7.03. The Labute approximate surface area is 123 Å². The number of fused-ring (bicyclic) bond motifs is 1. The Morgan fingerprint density at radius 2 is 1.48 bits per heavy atom. The zero-order chi connectivity index (χ0) is 14.5. The summed E-state index contributed by atoms with van der Waals surface area (Å²) in [6, 6.07) is 17.9. The minimum Gasteiger partial charge on any atom is -0.431 e. The first-order chi connectivity index (χ1) is 10.3. The van der Waals surface area contributed by atoms with Crippen LogP contribution in [-0.4, -0.2) is 0 Å². The SMILES string of the molecule is O=c1occ(C/C=C/Cc2ccccc2)c2ccccc12. The van der Waals surface area contributed by atoms with Crippen molar-refractivity contribution in [3.05, 3.63) is 94.6 Å². The van der Waals surface area contributed by atoms with Gasteiger partial charge in [-0.15, -0.1) is 0 Å². The monoisotopic (exact) mass is 276 g/mol. The van der Waals surface area contributed by atoms with Crippen molar-refractivity contribution in [2.24, 2.45) is 0 Å². The Hall–Kier alpha value is -2.61. The summed E-state index contributed by atoms with van der Waals surface area (Å²) in [5.41, 5.74) is 2.05. The van der Waals surface area contributed by atoms with E-state index in [0.717, 1.165) is 23.8 Å². The van der Waals surface area contributed by atoms with Gasteiger partial charge in [0, 0.05) is 0 Å². The first kappa shape index (κ1) is 13.4. The minimum atomic E-state index is -0.275. The average Bonchev–Trinajstić information content (AvgIpc) is 2.55. The van der Waals surface area contributed by atoms with E-state index in [1.807, 2.05) is 36.4 Å². The predicted octanol–water partition coefficient (Wildman–Crippen LogP) is 4.13. The highest BCUT2D eigenvalue weighted by molar-refractivity contribution is 5.84. The summed E-state index contributed by atoms with van der Waals surface area (Å²) in [6.45, 7) is 0. The molecule has 0 aliphatic carbocycles. The van der Waals surface area contributed by atoms with E-state index in [1.165, 1.54) is 5.56 Å². The lowest BCUT2D eigenvalue weighted by atomic mass is 10.1. The molecular formula is C19H16O2. The van der Waals surface area contributed by atoms with Gasteiger partial charge in [-0.3, -0.25) is 0 Å². The maximum Gasteiger partial charge on any atom is 0.343 e. The number of hydrogen-bond donors (Lipinski definition) is 0. The summed E-state index contributed by atoms with van der Waals surface area (Å²) < 4.78 is 5.10. The second kappa shape index (κ2) is 6.23. The molecule has 104 valence electrons. The molecule has 0 spiro atoms. The van der Waals surface area contributed by atoms with E-state index in [9.17, 15) is 4.79 Å². The molecule has 0 bridgehead atoms. The standard InChI is InChI=1S/C19H16O2/c20-19-18-13-7-6-12-17(18)16(14-21-19)11-5-4-10-15-8-2-1-3-9-15/h1-9,12-14H,10-11H2/b5-4+. The Morgan fingerprint density at radius 3 is 2.29 bits per heavy atom. The van der Waals surface area contributed by atoms with E-state index < -0.39 is 0 Å². The van der Waals surface area contributed by atoms with E-state index in [4.69, 9.17) is 4.42 Å². The van der Waals surface area contributed by atoms with Crippen LogP contribution in [0.3, 0.4) is 0 Å². The van der Waals surface area contributed by atoms with Crippen molar-refractivity contribution >= 4 is 10.8 Å². The molecular weight excluding hydrogens is 260 g/mol. The topological polar surface area (TPSA) is 30.2 Å². The zero-order valence-corrected chi connectivity index (χ0v) is 11.7. The molecule has 0 aliphatic rings. The summed E-state index contributed by atoms with van der Waals surface area (Å²) in [5, 5.41) is 1.62. The third-order valence-corrected chi connectivity index (χ3v) is 3.50. The number of benzene rings is 2. The molecule has 0 amide bonds. The highest BCUT2D eigenvalue weighted by atomic mass is 16.4. The number of rotatable bonds is 4. The van der Waals surface area contributed by atoms with E-state index in [1.54, 1.807) is 12.3 Å². The van der Waals surface area contributed by atoms with Crippen molar-refractivity contribution in [3.8, 4) is 0 Å². The molecule has 0 saturated carbocycles. The van der Waals surface area contributed by atoms with Gasteiger partial charge in [0.2, 0.25) is 0 Å². The molecule has 3 rings (SSSR count). The third kappa shape index (κ3) is 3.11. The summed E-state index contributed by atoms with van der Waals surface area (Å²) in [6.07, 6.45) is 7.51. The van der Waals surface area contributed by atoms with Crippen LogP contribution in [0.15, 0.2) is 82.2 Å². The van der Waals surface area contributed by atoms with Crippen LogP contribution < -0.4 is 5.63 Å². The van der Waals surface area contributed by atoms with Gasteiger partial charge in [-0.25, -0.2) is 4.79 Å². The molecule has 2 aromatic carbocycles. The lowest BCUT2D eigenvalue weighted by molar-refractivity contribution is 0.514. The smallest absolute Gasteiger partial charge is 0.343 e. The highest BCUT2D eigenvalue weighted by Crippen LogP contribution is 2.16. The Morgan fingerprint density at radius 1 is 0.810 bits per heavy atom. The van der Waals surface area contributed by atoms with Gasteiger partial charge in [0.05, 0.1) is 11.6 Å². The Bertz CT molecular complexity index is 814. The molecule has 2 nitrogen and oxygen atoms in total. The Kier molecular flexibility index (Phi) is 3.97. The van der Waals surface area contributed by atoms with Crippen LogP contribution in [0.2, 0.25) is 0 Å². The molecule has 21 heavy (non-hydrogen) atoms. The van der Waals surface area contributed by atoms with Gasteiger partial charge >= 0.3 is 5.63 Å². The van der Waals surface area contributed by atoms with Crippen LogP contribution in [0.1, 0.15) is 11.1 Å². The second-order valence-corrected chi connectivity index (χ2v) is 4.96. The molecule has 0 radical (unpaired) electrons. The van der Waals surface area contributed by atoms with Crippen molar-refractivity contribution in [3.63, 3.8) is 0 Å². The average molecular weight is 276 g/mol. The summed E-state index contributed by atoms with van der Waals surface area (Å²) >= 11 is 0. The van der Waals surface area contributed by atoms with Gasteiger partial charge < -0.3 is 4.42 Å². The first-order valence-electron chi connectivity index (χ1n) is 7.03. The third-order valence-electron chi connectivity index (χ3n) is 3.50. The lowest BCUT2D eigenvalue weighted by Gasteiger charge is -2.02. The van der Waals surface area contributed by atoms with E-state index in [0.29, 0.717) is 5.39 Å². The van der Waals surface area contributed by atoms with Crippen LogP contribution in [0.5, 0.6) is 0 Å². The van der Waals surface area contributed by atoms with Crippen LogP contribution in [-0.2, 0) is 12.8 Å². The second-order valence-electron chi connectivity index (χ2n) is 4.96.